The number of benzene rings is 1. The summed E-state index contributed by atoms with van der Waals surface area (Å²) >= 11 is 0. The van der Waals surface area contributed by atoms with Gasteiger partial charge in [0.2, 0.25) is 5.82 Å². The molecule has 42 heavy (non-hydrogen) atoms. The second-order valence-corrected chi connectivity index (χ2v) is 9.53. The first-order valence-electron chi connectivity index (χ1n) is 12.5. The molecule has 0 amide bonds. The summed E-state index contributed by atoms with van der Waals surface area (Å²) in [5.41, 5.74) is -1.40. The summed E-state index contributed by atoms with van der Waals surface area (Å²) in [7, 11) is 0. The van der Waals surface area contributed by atoms with Gasteiger partial charge in [-0.1, -0.05) is 5.16 Å². The van der Waals surface area contributed by atoms with Gasteiger partial charge in [0.05, 0.1) is 6.54 Å². The molecule has 0 saturated heterocycles. The van der Waals surface area contributed by atoms with Gasteiger partial charge in [0.15, 0.2) is 5.75 Å². The molecule has 0 spiro atoms. The van der Waals surface area contributed by atoms with Crippen LogP contribution in [0.4, 0.5) is 35.1 Å². The van der Waals surface area contributed by atoms with Crippen LogP contribution in [0.25, 0.3) is 11.5 Å². The molecule has 222 valence electrons. The average Bonchev–Trinajstić information content (AvgIpc) is 3.41. The molecule has 16 heteroatoms. The van der Waals surface area contributed by atoms with Gasteiger partial charge < -0.3 is 9.26 Å². The van der Waals surface area contributed by atoms with Crippen molar-refractivity contribution < 1.29 is 44.4 Å². The lowest BCUT2D eigenvalue weighted by Crippen LogP contribution is -2.30. The van der Waals surface area contributed by atoms with Gasteiger partial charge in [0, 0.05) is 29.5 Å². The SMILES string of the molecule is O=c1c(C2CCC(c3c(F)cc(F)cc3F)CC2)cc(-c2noc(C(F)F)n2)nn1Cc1ncccc1OC(F)(F)F. The summed E-state index contributed by atoms with van der Waals surface area (Å²) in [6, 6.07) is 4.62. The van der Waals surface area contributed by atoms with Crippen LogP contribution in [0.15, 0.2) is 45.8 Å². The number of hydrogen-bond acceptors (Lipinski definition) is 7. The third-order valence-electron chi connectivity index (χ3n) is 6.85. The van der Waals surface area contributed by atoms with Gasteiger partial charge in [0.25, 0.3) is 11.4 Å². The van der Waals surface area contributed by atoms with Crippen LogP contribution in [0, 0.1) is 17.5 Å². The predicted molar refractivity (Wildman–Crippen MR) is 127 cm³/mol. The molecule has 0 unspecified atom stereocenters. The van der Waals surface area contributed by atoms with Crippen LogP contribution in [0.2, 0.25) is 0 Å². The van der Waals surface area contributed by atoms with Crippen molar-refractivity contribution in [2.75, 3.05) is 0 Å². The largest absolute Gasteiger partial charge is 0.573 e. The van der Waals surface area contributed by atoms with E-state index in [2.05, 4.69) is 29.5 Å². The Morgan fingerprint density at radius 1 is 1.02 bits per heavy atom. The van der Waals surface area contributed by atoms with E-state index in [0.717, 1.165) is 10.7 Å². The van der Waals surface area contributed by atoms with E-state index in [4.69, 9.17) is 0 Å². The summed E-state index contributed by atoms with van der Waals surface area (Å²) in [6.07, 6.45) is -6.08. The molecule has 4 aromatic rings. The highest BCUT2D eigenvalue weighted by atomic mass is 19.4. The number of nitrogens with zero attached hydrogens (tertiary/aromatic N) is 5. The molecule has 5 rings (SSSR count). The summed E-state index contributed by atoms with van der Waals surface area (Å²) in [6.45, 7) is -0.604. The lowest BCUT2D eigenvalue weighted by Gasteiger charge is -2.29. The van der Waals surface area contributed by atoms with E-state index < -0.39 is 71.6 Å². The average molecular weight is 601 g/mol. The van der Waals surface area contributed by atoms with E-state index >= 15 is 0 Å². The topological polar surface area (TPSA) is 95.9 Å². The Hall–Kier alpha value is -4.37. The van der Waals surface area contributed by atoms with Crippen LogP contribution in [-0.4, -0.2) is 31.3 Å². The summed E-state index contributed by atoms with van der Waals surface area (Å²) in [5.74, 6) is -6.34. The molecule has 1 fully saturated rings. The van der Waals surface area contributed by atoms with Crippen LogP contribution >= 0.6 is 0 Å². The number of pyridine rings is 1. The van der Waals surface area contributed by atoms with E-state index in [-0.39, 0.29) is 48.2 Å². The quantitative estimate of drug-likeness (QED) is 0.225. The van der Waals surface area contributed by atoms with Crippen LogP contribution < -0.4 is 10.3 Å². The van der Waals surface area contributed by atoms with Crippen molar-refractivity contribution in [3.8, 4) is 17.3 Å². The lowest BCUT2D eigenvalue weighted by molar-refractivity contribution is -0.275. The van der Waals surface area contributed by atoms with Crippen molar-refractivity contribution in [3.05, 3.63) is 87.0 Å². The maximum atomic E-state index is 14.4. The maximum Gasteiger partial charge on any atom is 0.573 e. The van der Waals surface area contributed by atoms with Crippen LogP contribution in [0.3, 0.4) is 0 Å². The van der Waals surface area contributed by atoms with Crippen molar-refractivity contribution >= 4 is 0 Å². The lowest BCUT2D eigenvalue weighted by atomic mass is 9.76. The maximum absolute atomic E-state index is 14.4. The molecule has 0 aliphatic heterocycles. The van der Waals surface area contributed by atoms with Crippen molar-refractivity contribution in [3.63, 3.8) is 0 Å². The van der Waals surface area contributed by atoms with Gasteiger partial charge >= 0.3 is 12.8 Å². The fourth-order valence-corrected chi connectivity index (χ4v) is 5.04. The Morgan fingerprint density at radius 2 is 1.69 bits per heavy atom. The Kier molecular flexibility index (Phi) is 7.97. The molecule has 1 aromatic carbocycles. The van der Waals surface area contributed by atoms with E-state index in [1.165, 1.54) is 18.3 Å². The van der Waals surface area contributed by atoms with E-state index in [1.54, 1.807) is 0 Å². The monoisotopic (exact) mass is 601 g/mol. The molecule has 0 atom stereocenters. The highest BCUT2D eigenvalue weighted by Crippen LogP contribution is 2.42. The van der Waals surface area contributed by atoms with E-state index in [0.29, 0.717) is 12.1 Å². The van der Waals surface area contributed by atoms with Crippen molar-refractivity contribution in [2.24, 2.45) is 0 Å². The van der Waals surface area contributed by atoms with Gasteiger partial charge in [0.1, 0.15) is 28.8 Å². The highest BCUT2D eigenvalue weighted by Gasteiger charge is 2.33. The Bertz CT molecular complexity index is 1620. The minimum Gasteiger partial charge on any atom is -0.404 e. The molecule has 0 N–H and O–H groups in total. The van der Waals surface area contributed by atoms with Gasteiger partial charge in [-0.15, -0.1) is 13.2 Å². The van der Waals surface area contributed by atoms with E-state index in [1.807, 2.05) is 0 Å². The number of ether oxygens (including phenoxy) is 1. The first-order valence-corrected chi connectivity index (χ1v) is 12.5. The molecule has 8 nitrogen and oxygen atoms in total. The van der Waals surface area contributed by atoms with Crippen molar-refractivity contribution in [2.45, 2.75) is 56.9 Å². The Balaban J connectivity index is 1.50. The normalized spacial score (nSPS) is 17.5. The van der Waals surface area contributed by atoms with Gasteiger partial charge in [-0.3, -0.25) is 9.78 Å². The van der Waals surface area contributed by atoms with Crippen molar-refractivity contribution in [1.29, 1.82) is 0 Å². The van der Waals surface area contributed by atoms with E-state index in [9.17, 15) is 39.9 Å². The van der Waals surface area contributed by atoms with Gasteiger partial charge in [-0.2, -0.15) is 18.9 Å². The molecule has 0 radical (unpaired) electrons. The first-order chi connectivity index (χ1) is 19.9. The molecule has 0 bridgehead atoms. The Morgan fingerprint density at radius 3 is 2.31 bits per heavy atom. The fourth-order valence-electron chi connectivity index (χ4n) is 5.04. The number of alkyl halides is 5. The number of hydrogen-bond donors (Lipinski definition) is 0. The molecular formula is C26H19F8N5O3. The molecule has 1 aliphatic carbocycles. The fraction of sp³-hybridized carbons (Fsp3) is 0.346. The molecule has 1 aliphatic rings. The Labute approximate surface area is 231 Å². The predicted octanol–water partition coefficient (Wildman–Crippen LogP) is 6.43. The number of aromatic nitrogens is 5. The summed E-state index contributed by atoms with van der Waals surface area (Å²) < 4.78 is 116. The highest BCUT2D eigenvalue weighted by molar-refractivity contribution is 5.49. The number of rotatable bonds is 7. The second-order valence-electron chi connectivity index (χ2n) is 9.53. The molecule has 3 aromatic heterocycles. The molecule has 1 saturated carbocycles. The first kappa shape index (κ1) is 29.1. The molecule has 3 heterocycles. The van der Waals surface area contributed by atoms with Crippen LogP contribution in [0.5, 0.6) is 5.75 Å². The van der Waals surface area contributed by atoms with Gasteiger partial charge in [-0.25, -0.2) is 17.9 Å². The van der Waals surface area contributed by atoms with Crippen molar-refractivity contribution in [1.82, 2.24) is 24.9 Å². The zero-order valence-corrected chi connectivity index (χ0v) is 21.2. The van der Waals surface area contributed by atoms with Gasteiger partial charge in [-0.05, 0) is 55.7 Å². The number of halogens is 8. The smallest absolute Gasteiger partial charge is 0.404 e. The molecular weight excluding hydrogens is 582 g/mol. The van der Waals surface area contributed by atoms with Crippen LogP contribution in [-0.2, 0) is 6.54 Å². The minimum absolute atomic E-state index is 0.0936. The van der Waals surface area contributed by atoms with Crippen LogP contribution in [0.1, 0.15) is 66.7 Å². The summed E-state index contributed by atoms with van der Waals surface area (Å²) in [4.78, 5) is 21.0. The third kappa shape index (κ3) is 6.26. The third-order valence-corrected chi connectivity index (χ3v) is 6.85. The minimum atomic E-state index is -5.05. The zero-order chi connectivity index (χ0) is 30.2. The second kappa shape index (κ2) is 11.5. The standard InChI is InChI=1S/C26H19F8N5O3/c27-14-8-16(28)21(17(29)9-14)13-5-3-12(4-6-13)15-10-18(23-36-24(22(30)31)42-38-23)37-39(25(15)40)11-19-20(2-1-7-35-19)41-26(32,33)34/h1-2,7-10,12-13,22H,3-6,11H2. The summed E-state index contributed by atoms with van der Waals surface area (Å²) in [5, 5.41) is 7.53. The zero-order valence-electron chi connectivity index (χ0n) is 21.2.